The van der Waals surface area contributed by atoms with Gasteiger partial charge in [-0.2, -0.15) is 0 Å². The first-order valence-electron chi connectivity index (χ1n) is 6.83. The standard InChI is InChI=1S/C15H24O/c1-9-6-7-11-13(3,4)10(2)14(5)12(16)8-15(9,11)14/h9-11H,6-8H2,1-5H3/t9?,10-,11?,14?,15+/m1/s1. The second kappa shape index (κ2) is 2.57. The molecule has 5 atom stereocenters. The third-order valence-corrected chi connectivity index (χ3v) is 7.27. The predicted molar refractivity (Wildman–Crippen MR) is 65.0 cm³/mol. The maximum absolute atomic E-state index is 12.2. The van der Waals surface area contributed by atoms with Crippen LogP contribution in [-0.2, 0) is 4.79 Å². The van der Waals surface area contributed by atoms with E-state index in [-0.39, 0.29) is 5.41 Å². The Morgan fingerprint density at radius 3 is 2.31 bits per heavy atom. The Hall–Kier alpha value is -0.330. The van der Waals surface area contributed by atoms with Gasteiger partial charge in [0.05, 0.1) is 0 Å². The van der Waals surface area contributed by atoms with E-state index in [0.29, 0.717) is 22.5 Å². The van der Waals surface area contributed by atoms with Crippen molar-refractivity contribution in [3.8, 4) is 0 Å². The van der Waals surface area contributed by atoms with Gasteiger partial charge < -0.3 is 0 Å². The Labute approximate surface area is 99.0 Å². The lowest BCUT2D eigenvalue weighted by atomic mass is 9.45. The largest absolute Gasteiger partial charge is 0.299 e. The van der Waals surface area contributed by atoms with Crippen LogP contribution < -0.4 is 0 Å². The molecule has 1 nitrogen and oxygen atoms in total. The van der Waals surface area contributed by atoms with Gasteiger partial charge in [-0.25, -0.2) is 0 Å². The van der Waals surface area contributed by atoms with E-state index in [9.17, 15) is 4.79 Å². The topological polar surface area (TPSA) is 17.1 Å². The number of hydrogen-bond donors (Lipinski definition) is 0. The maximum Gasteiger partial charge on any atom is 0.140 e. The van der Waals surface area contributed by atoms with Gasteiger partial charge in [0.15, 0.2) is 0 Å². The molecule has 3 aliphatic rings. The second-order valence-corrected chi connectivity index (χ2v) is 7.42. The average Bonchev–Trinajstić information content (AvgIpc) is 2.60. The number of carbonyl (C=O) groups is 1. The van der Waals surface area contributed by atoms with Crippen LogP contribution in [0.5, 0.6) is 0 Å². The smallest absolute Gasteiger partial charge is 0.140 e. The molecule has 3 fully saturated rings. The molecule has 90 valence electrons. The van der Waals surface area contributed by atoms with Gasteiger partial charge >= 0.3 is 0 Å². The Morgan fingerprint density at radius 1 is 1.12 bits per heavy atom. The summed E-state index contributed by atoms with van der Waals surface area (Å²) in [7, 11) is 0. The number of rotatable bonds is 0. The van der Waals surface area contributed by atoms with Crippen molar-refractivity contribution in [3.63, 3.8) is 0 Å². The zero-order chi connectivity index (χ0) is 11.9. The Balaban J connectivity index is 2.19. The zero-order valence-corrected chi connectivity index (χ0v) is 11.3. The minimum atomic E-state index is -0.00289. The number of ketones is 1. The van der Waals surface area contributed by atoms with Crippen LogP contribution in [0.4, 0.5) is 0 Å². The van der Waals surface area contributed by atoms with Crippen LogP contribution in [0.1, 0.15) is 53.9 Å². The molecule has 0 aliphatic heterocycles. The van der Waals surface area contributed by atoms with Crippen LogP contribution in [0.3, 0.4) is 0 Å². The van der Waals surface area contributed by atoms with Crippen molar-refractivity contribution in [2.45, 2.75) is 53.9 Å². The molecule has 3 rings (SSSR count). The SMILES string of the molecule is CC1CCC2C(C)(C)[C@@H](C)C3(C)C(=O)C[C@]123. The Kier molecular flexibility index (Phi) is 1.73. The van der Waals surface area contributed by atoms with Gasteiger partial charge in [0, 0.05) is 11.8 Å². The highest BCUT2D eigenvalue weighted by Gasteiger charge is 2.79. The van der Waals surface area contributed by atoms with Gasteiger partial charge in [0.1, 0.15) is 5.78 Å². The minimum Gasteiger partial charge on any atom is -0.299 e. The summed E-state index contributed by atoms with van der Waals surface area (Å²) in [5.74, 6) is 2.63. The fraction of sp³-hybridized carbons (Fsp3) is 0.933. The lowest BCUT2D eigenvalue weighted by Gasteiger charge is -2.56. The molecule has 0 aromatic heterocycles. The first kappa shape index (κ1) is 10.8. The number of carbonyl (C=O) groups excluding carboxylic acids is 1. The summed E-state index contributed by atoms with van der Waals surface area (Å²) >= 11 is 0. The van der Waals surface area contributed by atoms with E-state index in [4.69, 9.17) is 0 Å². The van der Waals surface area contributed by atoms with Crippen LogP contribution in [0.15, 0.2) is 0 Å². The predicted octanol–water partition coefficient (Wildman–Crippen LogP) is 3.67. The molecule has 0 aromatic rings. The quantitative estimate of drug-likeness (QED) is 0.608. The fourth-order valence-electron chi connectivity index (χ4n) is 5.96. The van der Waals surface area contributed by atoms with Crippen molar-refractivity contribution in [1.82, 2.24) is 0 Å². The van der Waals surface area contributed by atoms with E-state index in [2.05, 4.69) is 34.6 Å². The van der Waals surface area contributed by atoms with Gasteiger partial charge in [0.25, 0.3) is 0 Å². The van der Waals surface area contributed by atoms with Crippen LogP contribution in [0.25, 0.3) is 0 Å². The van der Waals surface area contributed by atoms with Crippen LogP contribution in [0, 0.1) is 34.0 Å². The molecule has 0 radical (unpaired) electrons. The molecule has 0 N–H and O–H groups in total. The van der Waals surface area contributed by atoms with Crippen LogP contribution in [-0.4, -0.2) is 5.78 Å². The van der Waals surface area contributed by atoms with Crippen molar-refractivity contribution >= 4 is 5.78 Å². The normalized spacial score (nSPS) is 58.1. The molecule has 16 heavy (non-hydrogen) atoms. The highest BCUT2D eigenvalue weighted by Crippen LogP contribution is 2.80. The van der Waals surface area contributed by atoms with Gasteiger partial charge in [-0.05, 0) is 41.4 Å². The second-order valence-electron chi connectivity index (χ2n) is 7.42. The highest BCUT2D eigenvalue weighted by atomic mass is 16.1. The lowest BCUT2D eigenvalue weighted by Crippen LogP contribution is -2.59. The summed E-state index contributed by atoms with van der Waals surface area (Å²) in [6.45, 7) is 11.8. The molecular weight excluding hydrogens is 196 g/mol. The summed E-state index contributed by atoms with van der Waals surface area (Å²) in [6.07, 6.45) is 3.56. The molecule has 0 aromatic carbocycles. The Bertz CT molecular complexity index is 370. The molecule has 3 saturated carbocycles. The van der Waals surface area contributed by atoms with Crippen molar-refractivity contribution in [3.05, 3.63) is 0 Å². The monoisotopic (exact) mass is 220 g/mol. The highest BCUT2D eigenvalue weighted by molar-refractivity contribution is 5.94. The summed E-state index contributed by atoms with van der Waals surface area (Å²) in [6, 6.07) is 0. The lowest BCUT2D eigenvalue weighted by molar-refractivity contribution is -0.166. The van der Waals surface area contributed by atoms with E-state index in [1.165, 1.54) is 12.8 Å². The van der Waals surface area contributed by atoms with Gasteiger partial charge in [0.2, 0.25) is 0 Å². The van der Waals surface area contributed by atoms with E-state index < -0.39 is 0 Å². The Morgan fingerprint density at radius 2 is 1.75 bits per heavy atom. The van der Waals surface area contributed by atoms with Crippen LogP contribution in [0.2, 0.25) is 0 Å². The number of Topliss-reactive ketones (excluding diaryl/α,β-unsaturated/α-hetero) is 1. The molecule has 0 saturated heterocycles. The average molecular weight is 220 g/mol. The van der Waals surface area contributed by atoms with Crippen molar-refractivity contribution in [2.24, 2.45) is 34.0 Å². The van der Waals surface area contributed by atoms with E-state index in [0.717, 1.165) is 18.3 Å². The molecule has 0 amide bonds. The summed E-state index contributed by atoms with van der Waals surface area (Å²) in [5, 5.41) is 0. The van der Waals surface area contributed by atoms with Gasteiger partial charge in [-0.3, -0.25) is 4.79 Å². The number of hydrogen-bond acceptors (Lipinski definition) is 1. The zero-order valence-electron chi connectivity index (χ0n) is 11.3. The first-order valence-corrected chi connectivity index (χ1v) is 6.83. The third-order valence-electron chi connectivity index (χ3n) is 7.27. The minimum absolute atomic E-state index is 0.00289. The van der Waals surface area contributed by atoms with Gasteiger partial charge in [-0.15, -0.1) is 0 Å². The first-order chi connectivity index (χ1) is 7.29. The molecule has 0 heterocycles. The fourth-order valence-corrected chi connectivity index (χ4v) is 5.96. The summed E-state index contributed by atoms with van der Waals surface area (Å²) in [4.78, 5) is 12.2. The summed E-state index contributed by atoms with van der Waals surface area (Å²) in [5.41, 5.74) is 0.718. The van der Waals surface area contributed by atoms with E-state index in [1.54, 1.807) is 0 Å². The molecular formula is C15H24O. The van der Waals surface area contributed by atoms with Crippen molar-refractivity contribution in [2.75, 3.05) is 0 Å². The van der Waals surface area contributed by atoms with E-state index in [1.807, 2.05) is 0 Å². The maximum atomic E-state index is 12.2. The third kappa shape index (κ3) is 0.734. The van der Waals surface area contributed by atoms with Crippen molar-refractivity contribution < 1.29 is 4.79 Å². The molecule has 1 heteroatoms. The summed E-state index contributed by atoms with van der Waals surface area (Å²) < 4.78 is 0. The molecule has 3 unspecified atom stereocenters. The molecule has 0 bridgehead atoms. The molecule has 3 aliphatic carbocycles. The molecule has 1 spiro atoms. The van der Waals surface area contributed by atoms with E-state index >= 15 is 0 Å². The van der Waals surface area contributed by atoms with Crippen molar-refractivity contribution in [1.29, 1.82) is 0 Å². The van der Waals surface area contributed by atoms with Crippen LogP contribution >= 0.6 is 0 Å². The van der Waals surface area contributed by atoms with Gasteiger partial charge in [-0.1, -0.05) is 34.6 Å².